The molecule has 2 heterocycles. The van der Waals surface area contributed by atoms with Crippen molar-refractivity contribution in [3.05, 3.63) is 48.3 Å². The van der Waals surface area contributed by atoms with Gasteiger partial charge < -0.3 is 15.2 Å². The molecule has 0 amide bonds. The summed E-state index contributed by atoms with van der Waals surface area (Å²) in [5, 5.41) is 19.5. The van der Waals surface area contributed by atoms with E-state index in [9.17, 15) is 9.90 Å². The van der Waals surface area contributed by atoms with Gasteiger partial charge >= 0.3 is 5.97 Å². The molecule has 0 atom stereocenters. The number of aromatic hydroxyl groups is 1. The van der Waals surface area contributed by atoms with E-state index in [2.05, 4.69) is 9.97 Å². The van der Waals surface area contributed by atoms with Crippen LogP contribution < -0.4 is 0 Å². The van der Waals surface area contributed by atoms with Gasteiger partial charge in [0.15, 0.2) is 0 Å². The van der Waals surface area contributed by atoms with Crippen LogP contribution in [0.3, 0.4) is 0 Å². The number of pyridine rings is 1. The first-order valence-electron chi connectivity index (χ1n) is 5.65. The number of carboxylic acid groups (broad SMARTS) is 1. The molecule has 0 aliphatic rings. The quantitative estimate of drug-likeness (QED) is 0.656. The molecule has 3 N–H and O–H groups in total. The summed E-state index contributed by atoms with van der Waals surface area (Å²) in [6.45, 7) is 0. The van der Waals surface area contributed by atoms with Gasteiger partial charge in [0.2, 0.25) is 0 Å². The number of rotatable bonds is 2. The minimum absolute atomic E-state index is 0.113. The first kappa shape index (κ1) is 11.3. The van der Waals surface area contributed by atoms with Gasteiger partial charge in [0.05, 0.1) is 0 Å². The fourth-order valence-corrected chi connectivity index (χ4v) is 2.09. The van der Waals surface area contributed by atoms with E-state index in [0.29, 0.717) is 0 Å². The van der Waals surface area contributed by atoms with Crippen molar-refractivity contribution >= 4 is 17.0 Å². The molecule has 1 aromatic carbocycles. The Balaban J connectivity index is 2.24. The van der Waals surface area contributed by atoms with Crippen LogP contribution >= 0.6 is 0 Å². The predicted molar refractivity (Wildman–Crippen MR) is 70.2 cm³/mol. The maximum absolute atomic E-state index is 11.0. The molecule has 0 saturated carbocycles. The van der Waals surface area contributed by atoms with Crippen LogP contribution in [0.2, 0.25) is 0 Å². The third-order valence-electron chi connectivity index (χ3n) is 3.00. The Morgan fingerprint density at radius 1 is 1.21 bits per heavy atom. The number of nitrogens with one attached hydrogen (secondary N) is 1. The number of aromatic carboxylic acids is 1. The Labute approximate surface area is 108 Å². The number of aromatic amines is 1. The standard InChI is InChI=1S/C14H10N2O3/c17-12-2-1-8(7-11(12)14(18)19)9-3-5-15-13-10(9)4-6-16-13/h1-7,17H,(H,15,16)(H,18,19). The van der Waals surface area contributed by atoms with Crippen LogP contribution in [0.5, 0.6) is 5.75 Å². The van der Waals surface area contributed by atoms with Crippen LogP contribution in [0.15, 0.2) is 42.7 Å². The van der Waals surface area contributed by atoms with Crippen molar-refractivity contribution in [2.24, 2.45) is 0 Å². The molecule has 0 unspecified atom stereocenters. The zero-order valence-electron chi connectivity index (χ0n) is 9.79. The molecule has 3 rings (SSSR count). The number of hydrogen-bond acceptors (Lipinski definition) is 3. The van der Waals surface area contributed by atoms with E-state index in [0.717, 1.165) is 22.2 Å². The number of nitrogens with zero attached hydrogens (tertiary/aromatic N) is 1. The maximum atomic E-state index is 11.0. The molecule has 0 radical (unpaired) electrons. The summed E-state index contributed by atoms with van der Waals surface area (Å²) in [4.78, 5) is 18.2. The van der Waals surface area contributed by atoms with Gasteiger partial charge in [-0.1, -0.05) is 6.07 Å². The third kappa shape index (κ3) is 1.81. The summed E-state index contributed by atoms with van der Waals surface area (Å²) < 4.78 is 0. The second-order valence-corrected chi connectivity index (χ2v) is 4.14. The topological polar surface area (TPSA) is 86.2 Å². The van der Waals surface area contributed by atoms with Gasteiger partial charge in [-0.2, -0.15) is 0 Å². The highest BCUT2D eigenvalue weighted by atomic mass is 16.4. The number of H-pyrrole nitrogens is 1. The third-order valence-corrected chi connectivity index (χ3v) is 3.00. The number of carboxylic acids is 1. The van der Waals surface area contributed by atoms with Crippen LogP contribution in [0.4, 0.5) is 0 Å². The van der Waals surface area contributed by atoms with E-state index < -0.39 is 5.97 Å². The largest absolute Gasteiger partial charge is 0.507 e. The predicted octanol–water partition coefficient (Wildman–Crippen LogP) is 2.63. The van der Waals surface area contributed by atoms with Gasteiger partial charge in [0.25, 0.3) is 0 Å². The lowest BCUT2D eigenvalue weighted by Gasteiger charge is -2.06. The number of phenols is 1. The van der Waals surface area contributed by atoms with Crippen molar-refractivity contribution in [1.29, 1.82) is 0 Å². The van der Waals surface area contributed by atoms with Crippen molar-refractivity contribution in [3.8, 4) is 16.9 Å². The van der Waals surface area contributed by atoms with Gasteiger partial charge in [-0.15, -0.1) is 0 Å². The van der Waals surface area contributed by atoms with E-state index in [1.807, 2.05) is 12.1 Å². The van der Waals surface area contributed by atoms with Gasteiger partial charge in [-0.05, 0) is 35.4 Å². The summed E-state index contributed by atoms with van der Waals surface area (Å²) in [7, 11) is 0. The van der Waals surface area contributed by atoms with Crippen LogP contribution in [-0.4, -0.2) is 26.2 Å². The van der Waals surface area contributed by atoms with Crippen molar-refractivity contribution in [3.63, 3.8) is 0 Å². The fourth-order valence-electron chi connectivity index (χ4n) is 2.09. The maximum Gasteiger partial charge on any atom is 0.339 e. The lowest BCUT2D eigenvalue weighted by molar-refractivity contribution is 0.0694. The zero-order valence-corrected chi connectivity index (χ0v) is 9.79. The molecule has 5 nitrogen and oxygen atoms in total. The highest BCUT2D eigenvalue weighted by molar-refractivity contribution is 5.96. The average Bonchev–Trinajstić information content (AvgIpc) is 2.87. The van der Waals surface area contributed by atoms with Crippen LogP contribution in [0, 0.1) is 0 Å². The van der Waals surface area contributed by atoms with Gasteiger partial charge in [0, 0.05) is 17.8 Å². The van der Waals surface area contributed by atoms with E-state index >= 15 is 0 Å². The molecular formula is C14H10N2O3. The Morgan fingerprint density at radius 2 is 2.05 bits per heavy atom. The number of carbonyl (C=O) groups is 1. The van der Waals surface area contributed by atoms with E-state index in [4.69, 9.17) is 5.11 Å². The molecule has 0 saturated heterocycles. The SMILES string of the molecule is O=C(O)c1cc(-c2ccnc3[nH]ccc23)ccc1O. The summed E-state index contributed by atoms with van der Waals surface area (Å²) in [5.41, 5.74) is 2.22. The number of hydrogen-bond donors (Lipinski definition) is 3. The zero-order chi connectivity index (χ0) is 13.4. The summed E-state index contributed by atoms with van der Waals surface area (Å²) >= 11 is 0. The molecule has 0 bridgehead atoms. The molecule has 0 aliphatic carbocycles. The normalized spacial score (nSPS) is 10.7. The van der Waals surface area contributed by atoms with Crippen LogP contribution in [0.1, 0.15) is 10.4 Å². The van der Waals surface area contributed by atoms with Gasteiger partial charge in [0.1, 0.15) is 17.0 Å². The lowest BCUT2D eigenvalue weighted by Crippen LogP contribution is -1.97. The van der Waals surface area contributed by atoms with E-state index in [1.165, 1.54) is 12.1 Å². The Hall–Kier alpha value is -2.82. The van der Waals surface area contributed by atoms with Gasteiger partial charge in [-0.25, -0.2) is 9.78 Å². The minimum atomic E-state index is -1.15. The van der Waals surface area contributed by atoms with Crippen molar-refractivity contribution in [1.82, 2.24) is 9.97 Å². The molecule has 3 aromatic rings. The second-order valence-electron chi connectivity index (χ2n) is 4.14. The smallest absolute Gasteiger partial charge is 0.339 e. The first-order valence-corrected chi connectivity index (χ1v) is 5.65. The molecule has 0 spiro atoms. The molecule has 0 aliphatic heterocycles. The molecule has 2 aromatic heterocycles. The van der Waals surface area contributed by atoms with Gasteiger partial charge in [-0.3, -0.25) is 0 Å². The Morgan fingerprint density at radius 3 is 2.84 bits per heavy atom. The number of benzene rings is 1. The highest BCUT2D eigenvalue weighted by Crippen LogP contribution is 2.30. The fraction of sp³-hybridized carbons (Fsp3) is 0. The number of aromatic nitrogens is 2. The van der Waals surface area contributed by atoms with E-state index in [-0.39, 0.29) is 11.3 Å². The molecule has 5 heteroatoms. The monoisotopic (exact) mass is 254 g/mol. The molecule has 19 heavy (non-hydrogen) atoms. The minimum Gasteiger partial charge on any atom is -0.507 e. The summed E-state index contributed by atoms with van der Waals surface area (Å²) in [6.07, 6.45) is 3.43. The Bertz CT molecular complexity index is 777. The molecule has 0 fully saturated rings. The first-order chi connectivity index (χ1) is 9.16. The van der Waals surface area contributed by atoms with Crippen molar-refractivity contribution < 1.29 is 15.0 Å². The summed E-state index contributed by atoms with van der Waals surface area (Å²) in [5.74, 6) is -1.39. The Kier molecular flexibility index (Phi) is 2.45. The average molecular weight is 254 g/mol. The van der Waals surface area contributed by atoms with E-state index in [1.54, 1.807) is 18.5 Å². The van der Waals surface area contributed by atoms with Crippen molar-refractivity contribution in [2.75, 3.05) is 0 Å². The van der Waals surface area contributed by atoms with Crippen LogP contribution in [0.25, 0.3) is 22.2 Å². The molecule has 94 valence electrons. The van der Waals surface area contributed by atoms with Crippen LogP contribution in [-0.2, 0) is 0 Å². The molecular weight excluding hydrogens is 244 g/mol. The summed E-state index contributed by atoms with van der Waals surface area (Å²) in [6, 6.07) is 8.22. The second kappa shape index (κ2) is 4.13. The highest BCUT2D eigenvalue weighted by Gasteiger charge is 2.12. The van der Waals surface area contributed by atoms with Crippen molar-refractivity contribution in [2.45, 2.75) is 0 Å². The number of fused-ring (bicyclic) bond motifs is 1. The lowest BCUT2D eigenvalue weighted by atomic mass is 10.0.